The fourth-order valence-electron chi connectivity index (χ4n) is 13.8. The standard InChI is InChI=1S/C46H58N8O11S3.C34H30N6O5/c1-33-16-20-40-38(29-33)46(4,22-10-6-9-15-43(55)48-23-24-49-44(56)34-17-18-35(50-31-34)32-51-52-47)42(54(40)26-12-28-67(60,61)62)14-8-5-7-13-41-45(2,3)37-30-36(68(63,64)65)19-21-39(37)53(41)25-11-27-66(57,58)59;1-20-6-11-26-30(15-20)45-31-17-24(40(2)3)10-13-27(31)32(26)28-16-21(8-12-25(28)34(43)44)29(41)5-4-14-36-33(42)22-7-9-23(37-18-22)19-38-39-35/h5,7-8,13-14,16-21,29-31H,6,9-12,15,22-28,32H2,1-4H3,(H4-,48,49,55,56,57,58,59,60,61,62,63,64,65);6-13,15-18H,4-5,14,19H2,1-3H3,(H-,36,42,43,44)/p+3. The molecule has 8 N–H and O–H groups in total. The molecular formula is C80H91N14O16S3+3. The first-order valence-electron chi connectivity index (χ1n) is 36.4. The summed E-state index contributed by atoms with van der Waals surface area (Å²) in [6.07, 6.45) is 16.1. The molecule has 0 radical (unpaired) electrons. The molecule has 4 aliphatic rings. The van der Waals surface area contributed by atoms with Crippen LogP contribution in [0.5, 0.6) is 0 Å². The number of nitrogens with one attached hydrogen (secondary N) is 4. The minimum absolute atomic E-state index is 0.0760. The van der Waals surface area contributed by atoms with E-state index in [4.69, 9.17) is 15.5 Å². The topological polar surface area (TPSA) is 452 Å². The molecule has 30 nitrogen and oxygen atoms in total. The number of carbonyl (C=O) groups excluding carboxylic acids is 4. The number of carboxylic acids is 1. The Bertz CT molecular complexity index is 5610. The zero-order valence-electron chi connectivity index (χ0n) is 63.6. The summed E-state index contributed by atoms with van der Waals surface area (Å²) in [7, 11) is -9.11. The molecule has 6 aromatic rings. The number of aromatic nitrogens is 2. The summed E-state index contributed by atoms with van der Waals surface area (Å²) >= 11 is 0. The summed E-state index contributed by atoms with van der Waals surface area (Å²) in [5.41, 5.74) is 27.3. The number of hydrogen-bond donors (Lipinski definition) is 7. The molecule has 0 fully saturated rings. The normalized spacial score (nSPS) is 14.8. The summed E-state index contributed by atoms with van der Waals surface area (Å²) in [4.78, 5) is 77.7. The van der Waals surface area contributed by atoms with Crippen molar-refractivity contribution >= 4 is 87.9 Å². The maximum Gasteiger partial charge on any atom is 0.336 e. The number of benzene rings is 5. The number of rotatable bonds is 34. The second kappa shape index (κ2) is 37.7. The summed E-state index contributed by atoms with van der Waals surface area (Å²) in [5.74, 6) is -2.37. The highest BCUT2D eigenvalue weighted by molar-refractivity contribution is 7.86. The largest absolute Gasteiger partial charge is 0.478 e. The van der Waals surface area contributed by atoms with Crippen LogP contribution in [0.2, 0.25) is 0 Å². The van der Waals surface area contributed by atoms with Gasteiger partial charge in [0.2, 0.25) is 17.0 Å². The molecule has 0 spiro atoms. The van der Waals surface area contributed by atoms with E-state index in [0.29, 0.717) is 87.6 Å². The van der Waals surface area contributed by atoms with E-state index in [0.717, 1.165) is 62.9 Å². The van der Waals surface area contributed by atoms with Crippen LogP contribution < -0.4 is 35.8 Å². The number of azide groups is 2. The zero-order chi connectivity index (χ0) is 82.0. The van der Waals surface area contributed by atoms with Crippen molar-refractivity contribution in [1.82, 2.24) is 25.5 Å². The number of ketones is 1. The summed E-state index contributed by atoms with van der Waals surface area (Å²) in [6.45, 7) is 11.3. The molecular weight excluding hydrogens is 1510 g/mol. The Morgan fingerprint density at radius 2 is 1.37 bits per heavy atom. The highest BCUT2D eigenvalue weighted by atomic mass is 32.2. The van der Waals surface area contributed by atoms with Gasteiger partial charge in [0.1, 0.15) is 44.1 Å². The summed E-state index contributed by atoms with van der Waals surface area (Å²) in [6, 6.07) is 33.0. The molecule has 1 unspecified atom stereocenters. The number of hydrogen-bond acceptors (Lipinski definition) is 16. The zero-order valence-corrected chi connectivity index (χ0v) is 66.1. The van der Waals surface area contributed by atoms with Crippen molar-refractivity contribution in [2.75, 3.05) is 63.2 Å². The molecule has 113 heavy (non-hydrogen) atoms. The molecule has 10 rings (SSSR count). The average molecular weight is 1600 g/mol. The van der Waals surface area contributed by atoms with E-state index in [2.05, 4.69) is 63.9 Å². The molecule has 1 atom stereocenters. The number of nitrogens with zero attached hydrogens (tertiary/aromatic N) is 10. The van der Waals surface area contributed by atoms with Crippen LogP contribution in [-0.2, 0) is 59.1 Å². The van der Waals surface area contributed by atoms with Crippen molar-refractivity contribution in [2.24, 2.45) is 10.2 Å². The number of carbonyl (C=O) groups is 5. The van der Waals surface area contributed by atoms with Gasteiger partial charge in [0.15, 0.2) is 23.4 Å². The molecule has 2 aromatic heterocycles. The monoisotopic (exact) mass is 1600 g/mol. The lowest BCUT2D eigenvalue weighted by molar-refractivity contribution is -0.437. The van der Waals surface area contributed by atoms with Gasteiger partial charge in [-0.3, -0.25) is 37.8 Å². The van der Waals surface area contributed by atoms with Gasteiger partial charge in [-0.25, -0.2) is 14.4 Å². The minimum atomic E-state index is -4.51. The third-order valence-electron chi connectivity index (χ3n) is 19.6. The third kappa shape index (κ3) is 22.4. The number of Topliss-reactive ketones (excluding diaryl/α,β-unsaturated/α-hetero) is 1. The van der Waals surface area contributed by atoms with Crippen LogP contribution in [0.4, 0.5) is 11.4 Å². The maximum atomic E-state index is 13.3. The maximum absolute atomic E-state index is 13.3. The smallest absolute Gasteiger partial charge is 0.336 e. The highest BCUT2D eigenvalue weighted by Gasteiger charge is 2.46. The van der Waals surface area contributed by atoms with Crippen LogP contribution in [0.25, 0.3) is 54.3 Å². The van der Waals surface area contributed by atoms with Crippen molar-refractivity contribution in [3.05, 3.63) is 246 Å². The number of allylic oxidation sites excluding steroid dienone is 6. The van der Waals surface area contributed by atoms with Crippen LogP contribution in [0.15, 0.2) is 183 Å². The molecule has 0 bridgehead atoms. The van der Waals surface area contributed by atoms with Crippen LogP contribution in [-0.4, -0.2) is 147 Å². The fourth-order valence-corrected chi connectivity index (χ4v) is 15.3. The minimum Gasteiger partial charge on any atom is -0.478 e. The molecule has 0 saturated carbocycles. The Kier molecular flexibility index (Phi) is 28.5. The molecule has 3 amide bonds. The van der Waals surface area contributed by atoms with Gasteiger partial charge < -0.3 is 30.4 Å². The quantitative estimate of drug-likeness (QED) is 0.00227. The Balaban J connectivity index is 0.000000281. The second-order valence-electron chi connectivity index (χ2n) is 28.4. The van der Waals surface area contributed by atoms with E-state index < -0.39 is 58.7 Å². The number of aryl methyl sites for hydroxylation is 2. The number of aromatic carboxylic acids is 1. The van der Waals surface area contributed by atoms with Crippen LogP contribution in [0, 0.1) is 13.8 Å². The van der Waals surface area contributed by atoms with E-state index in [-0.39, 0.29) is 98.9 Å². The molecule has 0 saturated heterocycles. The Hall–Kier alpha value is -11.5. The highest BCUT2D eigenvalue weighted by Crippen LogP contribution is 2.51. The first-order valence-corrected chi connectivity index (χ1v) is 41.1. The molecule has 5 heterocycles. The first-order chi connectivity index (χ1) is 53.6. The van der Waals surface area contributed by atoms with Crippen LogP contribution >= 0.6 is 0 Å². The Morgan fingerprint density at radius 3 is 2.06 bits per heavy atom. The van der Waals surface area contributed by atoms with Crippen molar-refractivity contribution in [3.63, 3.8) is 0 Å². The SMILES string of the molecule is Cc1ccc2c(-c3cc(C(=O)CCCNC(=O)c4ccc(CN=[N+]=[N-])[nH+]c4)ccc3C(=O)O)c3ccc(=[N+](C)C)cc-3oc2c1.Cc1ccc2c(c1)C(C)(CCCCCC(=O)NCCNC(=O)c1ccc(CN=[N+]=[N-])nc1)C(=CC=CC=CC1=[N+](CCCS(=O)(=O)O)c3ccc(S(=O)(=O)O)cc3C1(C)C)N2CCCS(=O)(=O)O. The molecule has 592 valence electrons. The van der Waals surface area contributed by atoms with Crippen molar-refractivity contribution in [1.29, 1.82) is 0 Å². The molecule has 4 aromatic carbocycles. The summed E-state index contributed by atoms with van der Waals surface area (Å²) < 4.78 is 110. The number of anilines is 1. The van der Waals surface area contributed by atoms with Gasteiger partial charge in [-0.2, -0.15) is 29.8 Å². The van der Waals surface area contributed by atoms with Gasteiger partial charge in [-0.05, 0) is 155 Å². The van der Waals surface area contributed by atoms with Gasteiger partial charge >= 0.3 is 5.97 Å². The Morgan fingerprint density at radius 1 is 0.681 bits per heavy atom. The summed E-state index contributed by atoms with van der Waals surface area (Å²) in [5, 5.41) is 27.1. The van der Waals surface area contributed by atoms with E-state index in [1.807, 2.05) is 124 Å². The van der Waals surface area contributed by atoms with Crippen molar-refractivity contribution < 1.29 is 82.0 Å². The Labute approximate surface area is 654 Å². The number of fused-ring (bicyclic) bond motifs is 4. The van der Waals surface area contributed by atoms with Crippen LogP contribution in [0.3, 0.4) is 0 Å². The lowest BCUT2D eigenvalue weighted by Gasteiger charge is -2.30. The van der Waals surface area contributed by atoms with E-state index in [9.17, 15) is 68.0 Å². The first kappa shape index (κ1) is 85.5. The van der Waals surface area contributed by atoms with Gasteiger partial charge in [0.05, 0.1) is 45.6 Å². The predicted octanol–water partition coefficient (Wildman–Crippen LogP) is 11.9. The van der Waals surface area contributed by atoms with Crippen LogP contribution in [0.1, 0.15) is 154 Å². The lowest BCUT2D eigenvalue weighted by atomic mass is 9.76. The predicted molar refractivity (Wildman–Crippen MR) is 428 cm³/mol. The van der Waals surface area contributed by atoms with E-state index >= 15 is 0 Å². The van der Waals surface area contributed by atoms with E-state index in [1.165, 1.54) is 36.7 Å². The number of pyridine rings is 2. The number of aromatic amines is 1. The fraction of sp³-hybridized carbons (Fsp3) is 0.338. The third-order valence-corrected chi connectivity index (χ3v) is 22.0. The molecule has 1 aliphatic carbocycles. The van der Waals surface area contributed by atoms with Gasteiger partial charge in [-0.1, -0.05) is 77.2 Å². The van der Waals surface area contributed by atoms with Gasteiger partial charge in [0.25, 0.3) is 42.2 Å². The van der Waals surface area contributed by atoms with Gasteiger partial charge in [0, 0.05) is 136 Å². The second-order valence-corrected chi connectivity index (χ2v) is 32.9. The van der Waals surface area contributed by atoms with Crippen molar-refractivity contribution in [3.8, 4) is 22.5 Å². The van der Waals surface area contributed by atoms with Crippen molar-refractivity contribution in [2.45, 2.75) is 121 Å². The average Bonchev–Trinajstić information content (AvgIpc) is 1.64. The van der Waals surface area contributed by atoms with E-state index in [1.54, 1.807) is 42.5 Å². The van der Waals surface area contributed by atoms with Gasteiger partial charge in [-0.15, -0.1) is 0 Å². The number of H-pyrrole nitrogens is 1. The molecule has 3 aliphatic heterocycles. The molecule has 33 heteroatoms. The number of unbranched alkanes of at least 4 members (excludes halogenated alkanes) is 2. The number of carboxylic acid groups (broad SMARTS) is 1. The number of amides is 3. The lowest BCUT2D eigenvalue weighted by Crippen LogP contribution is -2.34.